The Morgan fingerprint density at radius 1 is 1.53 bits per heavy atom. The van der Waals surface area contributed by atoms with Gasteiger partial charge in [-0.2, -0.15) is 13.1 Å². The second kappa shape index (κ2) is 6.53. The van der Waals surface area contributed by atoms with Crippen LogP contribution in [0.4, 0.5) is 4.79 Å². The third kappa shape index (κ3) is 5.75. The Morgan fingerprint density at radius 3 is 2.79 bits per heavy atom. The molecule has 8 heteroatoms. The van der Waals surface area contributed by atoms with Crippen molar-refractivity contribution in [2.75, 3.05) is 13.2 Å². The second-order valence-electron chi connectivity index (χ2n) is 5.07. The molecule has 1 aliphatic carbocycles. The zero-order valence-electron chi connectivity index (χ0n) is 11.3. The fraction of sp³-hybridized carbons (Fsp3) is 0.909. The predicted molar refractivity (Wildman–Crippen MR) is 69.7 cm³/mol. The van der Waals surface area contributed by atoms with Crippen LogP contribution in [0.3, 0.4) is 0 Å². The van der Waals surface area contributed by atoms with Gasteiger partial charge in [0.15, 0.2) is 0 Å². The number of carbonyl (C=O) groups excluding carboxylic acids is 1. The molecule has 1 saturated carbocycles. The number of nitrogens with one attached hydrogen (secondary N) is 2. The van der Waals surface area contributed by atoms with E-state index in [-0.39, 0.29) is 13.2 Å². The highest BCUT2D eigenvalue weighted by atomic mass is 32.2. The molecule has 19 heavy (non-hydrogen) atoms. The Hall–Kier alpha value is -0.860. The van der Waals surface area contributed by atoms with Crippen LogP contribution in [0.25, 0.3) is 0 Å². The van der Waals surface area contributed by atoms with E-state index in [1.807, 2.05) is 6.92 Å². The van der Waals surface area contributed by atoms with Crippen LogP contribution in [0.2, 0.25) is 0 Å². The van der Waals surface area contributed by atoms with E-state index in [9.17, 15) is 18.3 Å². The fourth-order valence-electron chi connectivity index (χ4n) is 2.33. The van der Waals surface area contributed by atoms with Crippen molar-refractivity contribution in [3.63, 3.8) is 0 Å². The third-order valence-electron chi connectivity index (χ3n) is 3.15. The number of hydrogen-bond donors (Lipinski definition) is 3. The molecule has 3 N–H and O–H groups in total. The maximum Gasteiger partial charge on any atom is 0.421 e. The molecule has 2 unspecified atom stereocenters. The number of ether oxygens (including phenoxy) is 1. The Kier molecular flexibility index (Phi) is 5.57. The molecular formula is C11H22N2O5S. The van der Waals surface area contributed by atoms with Crippen molar-refractivity contribution in [2.45, 2.75) is 45.1 Å². The van der Waals surface area contributed by atoms with E-state index in [2.05, 4.69) is 9.46 Å². The average Bonchev–Trinajstić information content (AvgIpc) is 2.26. The Labute approximate surface area is 113 Å². The first-order valence-corrected chi connectivity index (χ1v) is 7.91. The van der Waals surface area contributed by atoms with Gasteiger partial charge in [-0.25, -0.2) is 9.52 Å². The Morgan fingerprint density at radius 2 is 2.21 bits per heavy atom. The van der Waals surface area contributed by atoms with E-state index in [4.69, 9.17) is 0 Å². The quantitative estimate of drug-likeness (QED) is 0.685. The summed E-state index contributed by atoms with van der Waals surface area (Å²) in [5, 5.41) is 10.3. The fourth-order valence-corrected chi connectivity index (χ4v) is 3.14. The van der Waals surface area contributed by atoms with Crippen molar-refractivity contribution in [1.29, 1.82) is 0 Å². The van der Waals surface area contributed by atoms with Crippen LogP contribution in [0.5, 0.6) is 0 Å². The molecule has 0 spiro atoms. The van der Waals surface area contributed by atoms with Crippen LogP contribution >= 0.6 is 0 Å². The van der Waals surface area contributed by atoms with Gasteiger partial charge in [0.1, 0.15) is 0 Å². The highest BCUT2D eigenvalue weighted by Crippen LogP contribution is 2.31. The van der Waals surface area contributed by atoms with Crippen molar-refractivity contribution in [2.24, 2.45) is 5.92 Å². The number of aliphatic hydroxyl groups is 1. The van der Waals surface area contributed by atoms with Crippen molar-refractivity contribution in [3.05, 3.63) is 0 Å². The standard InChI is InChI=1S/C11H22N2O5S/c1-3-18-10(14)13-19(16,17)12-8-11(15)6-4-5-9(2)7-11/h9,12,15H,3-8H2,1-2H3,(H,13,14). The predicted octanol–water partition coefficient (Wildman–Crippen LogP) is 0.508. The van der Waals surface area contributed by atoms with Gasteiger partial charge in [-0.3, -0.25) is 0 Å². The lowest BCUT2D eigenvalue weighted by Gasteiger charge is -2.35. The molecule has 1 amide bonds. The average molecular weight is 294 g/mol. The molecule has 0 aromatic rings. The minimum atomic E-state index is -3.99. The van der Waals surface area contributed by atoms with Crippen LogP contribution in [0, 0.1) is 5.92 Å². The zero-order valence-corrected chi connectivity index (χ0v) is 12.1. The number of rotatable bonds is 5. The monoisotopic (exact) mass is 294 g/mol. The number of hydrogen-bond acceptors (Lipinski definition) is 5. The van der Waals surface area contributed by atoms with E-state index in [0.29, 0.717) is 18.8 Å². The summed E-state index contributed by atoms with van der Waals surface area (Å²) in [5.74, 6) is 0.362. The molecule has 0 bridgehead atoms. The summed E-state index contributed by atoms with van der Waals surface area (Å²) in [6.45, 7) is 3.58. The summed E-state index contributed by atoms with van der Waals surface area (Å²) < 4.78 is 31.5. The van der Waals surface area contributed by atoms with Gasteiger partial charge in [0.25, 0.3) is 0 Å². The Bertz CT molecular complexity index is 411. The lowest BCUT2D eigenvalue weighted by Crippen LogP contribution is -2.49. The summed E-state index contributed by atoms with van der Waals surface area (Å²) in [4.78, 5) is 11.0. The van der Waals surface area contributed by atoms with Gasteiger partial charge in [0.2, 0.25) is 0 Å². The molecule has 2 atom stereocenters. The molecule has 0 aliphatic heterocycles. The van der Waals surface area contributed by atoms with E-state index in [1.165, 1.54) is 0 Å². The second-order valence-corrected chi connectivity index (χ2v) is 6.57. The molecular weight excluding hydrogens is 272 g/mol. The summed E-state index contributed by atoms with van der Waals surface area (Å²) in [6.07, 6.45) is 1.98. The van der Waals surface area contributed by atoms with Crippen molar-refractivity contribution < 1.29 is 23.1 Å². The first kappa shape index (κ1) is 16.2. The molecule has 0 aromatic heterocycles. The first-order chi connectivity index (χ1) is 8.76. The molecule has 1 fully saturated rings. The molecule has 1 aliphatic rings. The van der Waals surface area contributed by atoms with Crippen molar-refractivity contribution >= 4 is 16.3 Å². The topological polar surface area (TPSA) is 105 Å². The molecule has 0 aromatic carbocycles. The van der Waals surface area contributed by atoms with Gasteiger partial charge in [-0.15, -0.1) is 0 Å². The van der Waals surface area contributed by atoms with Gasteiger partial charge in [0, 0.05) is 6.54 Å². The Balaban J connectivity index is 2.48. The van der Waals surface area contributed by atoms with Crippen LogP contribution in [-0.4, -0.2) is 38.4 Å². The highest BCUT2D eigenvalue weighted by molar-refractivity contribution is 7.88. The van der Waals surface area contributed by atoms with Crippen molar-refractivity contribution in [3.8, 4) is 0 Å². The van der Waals surface area contributed by atoms with Gasteiger partial charge >= 0.3 is 16.3 Å². The number of amides is 1. The van der Waals surface area contributed by atoms with E-state index in [0.717, 1.165) is 12.8 Å². The zero-order chi connectivity index (χ0) is 14.5. The summed E-state index contributed by atoms with van der Waals surface area (Å²) in [5.41, 5.74) is -1.04. The highest BCUT2D eigenvalue weighted by Gasteiger charge is 2.33. The van der Waals surface area contributed by atoms with Gasteiger partial charge in [-0.05, 0) is 25.7 Å². The number of carbonyl (C=O) groups is 1. The minimum absolute atomic E-state index is 0.0861. The molecule has 112 valence electrons. The van der Waals surface area contributed by atoms with Gasteiger partial charge in [-0.1, -0.05) is 19.8 Å². The smallest absolute Gasteiger partial charge is 0.421 e. The maximum atomic E-state index is 11.5. The molecule has 0 radical (unpaired) electrons. The van der Waals surface area contributed by atoms with E-state index < -0.39 is 21.9 Å². The van der Waals surface area contributed by atoms with Gasteiger partial charge < -0.3 is 9.84 Å². The first-order valence-electron chi connectivity index (χ1n) is 6.43. The van der Waals surface area contributed by atoms with Crippen LogP contribution in [-0.2, 0) is 14.9 Å². The SMILES string of the molecule is CCOC(=O)NS(=O)(=O)NCC1(O)CCCC(C)C1. The largest absolute Gasteiger partial charge is 0.449 e. The minimum Gasteiger partial charge on any atom is -0.449 e. The summed E-state index contributed by atoms with van der Waals surface area (Å²) >= 11 is 0. The summed E-state index contributed by atoms with van der Waals surface area (Å²) in [6, 6.07) is 0. The molecule has 0 heterocycles. The third-order valence-corrected chi connectivity index (χ3v) is 4.11. The molecule has 1 rings (SSSR count). The van der Waals surface area contributed by atoms with Gasteiger partial charge in [0.05, 0.1) is 12.2 Å². The lowest BCUT2D eigenvalue weighted by molar-refractivity contribution is -0.00759. The molecule has 0 saturated heterocycles. The van der Waals surface area contributed by atoms with Crippen LogP contribution in [0.1, 0.15) is 39.5 Å². The van der Waals surface area contributed by atoms with Crippen LogP contribution in [0.15, 0.2) is 0 Å². The molecule has 7 nitrogen and oxygen atoms in total. The van der Waals surface area contributed by atoms with E-state index >= 15 is 0 Å². The lowest BCUT2D eigenvalue weighted by atomic mass is 9.79. The van der Waals surface area contributed by atoms with Crippen LogP contribution < -0.4 is 9.44 Å². The van der Waals surface area contributed by atoms with E-state index in [1.54, 1.807) is 11.6 Å². The summed E-state index contributed by atoms with van der Waals surface area (Å²) in [7, 11) is -3.99. The van der Waals surface area contributed by atoms with Crippen molar-refractivity contribution in [1.82, 2.24) is 9.44 Å². The normalized spacial score (nSPS) is 27.8. The maximum absolute atomic E-state index is 11.5.